The average molecular weight is 353 g/mol. The summed E-state index contributed by atoms with van der Waals surface area (Å²) in [6.45, 7) is 6.90. The van der Waals surface area contributed by atoms with Gasteiger partial charge < -0.3 is 14.7 Å². The van der Waals surface area contributed by atoms with Gasteiger partial charge in [-0.1, -0.05) is 5.16 Å². The molecule has 0 spiro atoms. The zero-order chi connectivity index (χ0) is 18.3. The molecule has 0 unspecified atom stereocenters. The van der Waals surface area contributed by atoms with Crippen molar-refractivity contribution in [2.75, 3.05) is 23.3 Å². The van der Waals surface area contributed by atoms with E-state index in [1.807, 2.05) is 30.9 Å². The van der Waals surface area contributed by atoms with Crippen molar-refractivity contribution in [2.24, 2.45) is 5.92 Å². The van der Waals surface area contributed by atoms with Crippen LogP contribution in [0.25, 0.3) is 5.82 Å². The van der Waals surface area contributed by atoms with Gasteiger partial charge >= 0.3 is 0 Å². The van der Waals surface area contributed by atoms with Gasteiger partial charge in [0.25, 0.3) is 0 Å². The van der Waals surface area contributed by atoms with Crippen molar-refractivity contribution in [3.8, 4) is 5.82 Å². The van der Waals surface area contributed by atoms with E-state index in [1.54, 1.807) is 17.7 Å². The predicted octanol–water partition coefficient (Wildman–Crippen LogP) is 1.65. The van der Waals surface area contributed by atoms with Crippen LogP contribution < -0.4 is 10.2 Å². The summed E-state index contributed by atoms with van der Waals surface area (Å²) in [5.74, 6) is 2.42. The topological polar surface area (TPSA) is 102 Å². The molecule has 0 radical (unpaired) electrons. The van der Waals surface area contributed by atoms with E-state index in [9.17, 15) is 4.79 Å². The van der Waals surface area contributed by atoms with Gasteiger partial charge in [-0.25, -0.2) is 14.6 Å². The highest BCUT2D eigenvalue weighted by molar-refractivity contribution is 5.93. The molecule has 0 saturated carbocycles. The van der Waals surface area contributed by atoms with Crippen molar-refractivity contribution in [1.82, 2.24) is 24.9 Å². The quantitative estimate of drug-likeness (QED) is 0.761. The van der Waals surface area contributed by atoms with Gasteiger partial charge in [-0.15, -0.1) is 0 Å². The molecule has 3 aromatic heterocycles. The number of carbonyl (C=O) groups excluding carboxylic acids is 1. The summed E-state index contributed by atoms with van der Waals surface area (Å²) < 4.78 is 6.74. The number of aromatic nitrogens is 5. The predicted molar refractivity (Wildman–Crippen MR) is 94.2 cm³/mol. The minimum absolute atomic E-state index is 0.0672. The Morgan fingerprint density at radius 3 is 2.58 bits per heavy atom. The second-order valence-corrected chi connectivity index (χ2v) is 6.49. The van der Waals surface area contributed by atoms with Crippen LogP contribution in [0, 0.1) is 26.7 Å². The molecule has 26 heavy (non-hydrogen) atoms. The zero-order valence-electron chi connectivity index (χ0n) is 14.8. The lowest BCUT2D eigenvalue weighted by Crippen LogP contribution is -2.52. The number of nitrogens with one attached hydrogen (secondary N) is 1. The lowest BCUT2D eigenvalue weighted by Gasteiger charge is -2.38. The summed E-state index contributed by atoms with van der Waals surface area (Å²) in [6, 6.07) is 5.57. The Bertz CT molecular complexity index is 956. The molecule has 0 bridgehead atoms. The number of anilines is 2. The first kappa shape index (κ1) is 16.2. The van der Waals surface area contributed by atoms with Crippen LogP contribution in [-0.2, 0) is 4.79 Å². The normalized spacial score (nSPS) is 14.3. The molecule has 3 aromatic rings. The number of rotatable bonds is 4. The number of hydrogen-bond acceptors (Lipinski definition) is 7. The molecule has 0 aliphatic carbocycles. The van der Waals surface area contributed by atoms with Crippen molar-refractivity contribution >= 4 is 17.5 Å². The van der Waals surface area contributed by atoms with Gasteiger partial charge in [0.2, 0.25) is 5.91 Å². The summed E-state index contributed by atoms with van der Waals surface area (Å²) in [7, 11) is 0. The van der Waals surface area contributed by atoms with E-state index in [2.05, 4.69) is 25.5 Å². The second-order valence-electron chi connectivity index (χ2n) is 6.49. The molecule has 4 rings (SSSR count). The first-order chi connectivity index (χ1) is 12.5. The summed E-state index contributed by atoms with van der Waals surface area (Å²) in [4.78, 5) is 22.9. The molecule has 4 heterocycles. The Morgan fingerprint density at radius 2 is 1.92 bits per heavy atom. The third-order valence-corrected chi connectivity index (χ3v) is 4.32. The minimum Gasteiger partial charge on any atom is -0.360 e. The van der Waals surface area contributed by atoms with Crippen LogP contribution in [0.2, 0.25) is 0 Å². The smallest absolute Gasteiger partial charge is 0.232 e. The molecule has 1 aliphatic heterocycles. The standard InChI is InChI=1S/C17H19N7O2/c1-10-4-11(2)24(21-10)16-6-15(18-9-19-16)23-7-13(8-23)17(25)20-14-5-12(3)26-22-14/h4-6,9,13H,7-8H2,1-3H3,(H,20,22,25). The van der Waals surface area contributed by atoms with Crippen molar-refractivity contribution in [2.45, 2.75) is 20.8 Å². The molecule has 134 valence electrons. The Kier molecular flexibility index (Phi) is 3.90. The highest BCUT2D eigenvalue weighted by atomic mass is 16.5. The fourth-order valence-electron chi connectivity index (χ4n) is 2.97. The van der Waals surface area contributed by atoms with Crippen molar-refractivity contribution in [3.05, 3.63) is 41.7 Å². The summed E-state index contributed by atoms with van der Waals surface area (Å²) in [5, 5.41) is 11.0. The molecular formula is C17H19N7O2. The first-order valence-electron chi connectivity index (χ1n) is 8.34. The van der Waals surface area contributed by atoms with Crippen LogP contribution in [-0.4, -0.2) is 43.9 Å². The average Bonchev–Trinajstić information content (AvgIpc) is 3.11. The van der Waals surface area contributed by atoms with Crippen LogP contribution in [0.15, 0.2) is 29.0 Å². The van der Waals surface area contributed by atoms with Gasteiger partial charge in [0, 0.05) is 30.9 Å². The first-order valence-corrected chi connectivity index (χ1v) is 8.34. The summed E-state index contributed by atoms with van der Waals surface area (Å²) in [6.07, 6.45) is 1.52. The third kappa shape index (κ3) is 3.03. The molecule has 1 N–H and O–H groups in total. The van der Waals surface area contributed by atoms with Crippen LogP contribution in [0.4, 0.5) is 11.6 Å². The van der Waals surface area contributed by atoms with E-state index in [0.29, 0.717) is 30.5 Å². The number of hydrogen-bond donors (Lipinski definition) is 1. The largest absolute Gasteiger partial charge is 0.360 e. The van der Waals surface area contributed by atoms with E-state index >= 15 is 0 Å². The van der Waals surface area contributed by atoms with Crippen LogP contribution in [0.5, 0.6) is 0 Å². The maximum atomic E-state index is 12.3. The van der Waals surface area contributed by atoms with Crippen molar-refractivity contribution < 1.29 is 9.32 Å². The van der Waals surface area contributed by atoms with Crippen molar-refractivity contribution in [3.63, 3.8) is 0 Å². The molecule has 0 aromatic carbocycles. The van der Waals surface area contributed by atoms with Gasteiger partial charge in [-0.05, 0) is 26.8 Å². The summed E-state index contributed by atoms with van der Waals surface area (Å²) in [5.41, 5.74) is 1.95. The Labute approximate surface area is 150 Å². The molecule has 9 nitrogen and oxygen atoms in total. The van der Waals surface area contributed by atoms with E-state index in [4.69, 9.17) is 4.52 Å². The number of amides is 1. The summed E-state index contributed by atoms with van der Waals surface area (Å²) >= 11 is 0. The SMILES string of the molecule is Cc1cc(C)n(-c2cc(N3CC(C(=O)Nc4cc(C)on4)C3)ncn2)n1. The van der Waals surface area contributed by atoms with E-state index in [0.717, 1.165) is 17.2 Å². The minimum atomic E-state index is -0.112. The van der Waals surface area contributed by atoms with Gasteiger partial charge in [0.15, 0.2) is 11.6 Å². The lowest BCUT2D eigenvalue weighted by molar-refractivity contribution is -0.120. The Hall–Kier alpha value is -3.23. The monoisotopic (exact) mass is 353 g/mol. The molecule has 9 heteroatoms. The van der Waals surface area contributed by atoms with Gasteiger partial charge in [0.05, 0.1) is 11.6 Å². The lowest BCUT2D eigenvalue weighted by atomic mass is 9.99. The maximum absolute atomic E-state index is 12.3. The van der Waals surface area contributed by atoms with Gasteiger partial charge in [-0.2, -0.15) is 5.10 Å². The zero-order valence-corrected chi connectivity index (χ0v) is 14.8. The van der Waals surface area contributed by atoms with Crippen molar-refractivity contribution in [1.29, 1.82) is 0 Å². The second kappa shape index (κ2) is 6.25. The number of aryl methyl sites for hydroxylation is 3. The van der Waals surface area contributed by atoms with Crippen LogP contribution in [0.3, 0.4) is 0 Å². The molecule has 0 atom stereocenters. The fourth-order valence-corrected chi connectivity index (χ4v) is 2.97. The van der Waals surface area contributed by atoms with Gasteiger partial charge in [0.1, 0.15) is 17.9 Å². The van der Waals surface area contributed by atoms with Crippen LogP contribution in [0.1, 0.15) is 17.1 Å². The third-order valence-electron chi connectivity index (χ3n) is 4.32. The highest BCUT2D eigenvalue weighted by Crippen LogP contribution is 2.25. The Balaban J connectivity index is 1.42. The number of nitrogens with zero attached hydrogens (tertiary/aromatic N) is 6. The molecular weight excluding hydrogens is 334 g/mol. The fraction of sp³-hybridized carbons (Fsp3) is 0.353. The molecule has 1 fully saturated rings. The molecule has 1 saturated heterocycles. The maximum Gasteiger partial charge on any atom is 0.232 e. The van der Waals surface area contributed by atoms with E-state index < -0.39 is 0 Å². The molecule has 1 aliphatic rings. The number of carbonyl (C=O) groups is 1. The van der Waals surface area contributed by atoms with Crippen LogP contribution >= 0.6 is 0 Å². The van der Waals surface area contributed by atoms with E-state index in [-0.39, 0.29) is 11.8 Å². The molecule has 1 amide bonds. The van der Waals surface area contributed by atoms with E-state index in [1.165, 1.54) is 6.33 Å². The van der Waals surface area contributed by atoms with Gasteiger partial charge in [-0.3, -0.25) is 4.79 Å². The highest BCUT2D eigenvalue weighted by Gasteiger charge is 2.34. The Morgan fingerprint density at radius 1 is 1.15 bits per heavy atom.